The lowest BCUT2D eigenvalue weighted by Crippen LogP contribution is -2.33. The summed E-state index contributed by atoms with van der Waals surface area (Å²) in [5, 5.41) is 14.3. The number of carbonyl (C=O) groups is 1. The number of aromatic nitrogens is 2. The molecule has 0 saturated heterocycles. The molecule has 1 aromatic heterocycles. The molecule has 0 radical (unpaired) electrons. The number of hydrogen-bond donors (Lipinski definition) is 3. The molecule has 37 heavy (non-hydrogen) atoms. The van der Waals surface area contributed by atoms with Gasteiger partial charge in [-0.25, -0.2) is 4.98 Å². The molecule has 192 valence electrons. The first-order valence-electron chi connectivity index (χ1n) is 12.4. The number of nitrogens with one attached hydrogen (secondary N) is 3. The molecule has 1 aliphatic heterocycles. The van der Waals surface area contributed by atoms with Crippen LogP contribution in [-0.4, -0.2) is 67.3 Å². The molecule has 3 N–H and O–H groups in total. The maximum absolute atomic E-state index is 13.5. The molecule has 1 aliphatic rings. The zero-order valence-electron chi connectivity index (χ0n) is 21.6. The zero-order chi connectivity index (χ0) is 26.2. The monoisotopic (exact) mass is 498 g/mol. The van der Waals surface area contributed by atoms with Crippen LogP contribution in [0.1, 0.15) is 22.8 Å². The Balaban J connectivity index is 1.47. The molecule has 0 saturated carbocycles. The first kappa shape index (κ1) is 25.8. The molecule has 9 heteroatoms. The minimum Gasteiger partial charge on any atom is -0.361 e. The molecule has 0 atom stereocenters. The summed E-state index contributed by atoms with van der Waals surface area (Å²) < 4.78 is 0. The smallest absolute Gasteiger partial charge is 0.263 e. The number of fused-ring (bicyclic) bond motifs is 1. The summed E-state index contributed by atoms with van der Waals surface area (Å²) in [6, 6.07) is 18.0. The number of rotatable bonds is 10. The van der Waals surface area contributed by atoms with Gasteiger partial charge in [-0.05, 0) is 43.3 Å². The van der Waals surface area contributed by atoms with Crippen molar-refractivity contribution in [1.29, 1.82) is 5.41 Å². The van der Waals surface area contributed by atoms with E-state index in [1.54, 1.807) is 11.1 Å². The van der Waals surface area contributed by atoms with E-state index in [9.17, 15) is 4.79 Å². The van der Waals surface area contributed by atoms with Gasteiger partial charge in [-0.1, -0.05) is 36.4 Å². The van der Waals surface area contributed by atoms with Crippen molar-refractivity contribution in [3.63, 3.8) is 0 Å². The van der Waals surface area contributed by atoms with Gasteiger partial charge in [0, 0.05) is 69.8 Å². The van der Waals surface area contributed by atoms with Gasteiger partial charge in [-0.3, -0.25) is 9.69 Å². The third-order valence-electron chi connectivity index (χ3n) is 6.11. The van der Waals surface area contributed by atoms with Crippen LogP contribution >= 0.6 is 0 Å². The first-order chi connectivity index (χ1) is 18.0. The van der Waals surface area contributed by atoms with Crippen LogP contribution in [0, 0.1) is 5.41 Å². The third-order valence-corrected chi connectivity index (χ3v) is 6.11. The highest BCUT2D eigenvalue weighted by Gasteiger charge is 2.28. The van der Waals surface area contributed by atoms with Crippen molar-refractivity contribution < 1.29 is 4.79 Å². The minimum atomic E-state index is -0.127. The summed E-state index contributed by atoms with van der Waals surface area (Å²) in [5.74, 6) is 1.02. The van der Waals surface area contributed by atoms with E-state index in [0.717, 1.165) is 23.5 Å². The van der Waals surface area contributed by atoms with Crippen LogP contribution in [0.3, 0.4) is 0 Å². The lowest BCUT2D eigenvalue weighted by Gasteiger charge is -2.22. The van der Waals surface area contributed by atoms with Crippen LogP contribution < -0.4 is 20.4 Å². The topological polar surface area (TPSA) is 100 Å². The van der Waals surface area contributed by atoms with Crippen LogP contribution in [0.4, 0.5) is 23.1 Å². The summed E-state index contributed by atoms with van der Waals surface area (Å²) in [4.78, 5) is 28.3. The molecule has 9 nitrogen and oxygen atoms in total. The van der Waals surface area contributed by atoms with Gasteiger partial charge in [0.1, 0.15) is 11.4 Å². The van der Waals surface area contributed by atoms with E-state index in [1.807, 2.05) is 74.6 Å². The second kappa shape index (κ2) is 12.1. The fourth-order valence-corrected chi connectivity index (χ4v) is 4.24. The molecule has 1 amide bonds. The summed E-state index contributed by atoms with van der Waals surface area (Å²) in [6.45, 7) is 5.29. The predicted molar refractivity (Wildman–Crippen MR) is 151 cm³/mol. The standard InChI is InChI=1S/C28H34N8O/c1-4-30-28-32-18-25-26(33-28)35(3)13-14-36(27(25)37)24-12-8-11-23(15-24)31-17-22(16-29)20-34(2)19-21-9-6-5-7-10-21/h5-12,15-18,29,31H,4,13-14,19-20H2,1-3H3,(H,30,32,33)/b22-17+,29-16?. The molecular formula is C28H34N8O. The van der Waals surface area contributed by atoms with Gasteiger partial charge in [0.15, 0.2) is 0 Å². The van der Waals surface area contributed by atoms with Crippen molar-refractivity contribution in [2.75, 3.05) is 60.7 Å². The third kappa shape index (κ3) is 6.50. The number of likely N-dealkylation sites (N-methyl/N-ethyl adjacent to an activating group) is 2. The second-order valence-electron chi connectivity index (χ2n) is 9.06. The molecular weight excluding hydrogens is 464 g/mol. The lowest BCUT2D eigenvalue weighted by molar-refractivity contribution is 0.0989. The predicted octanol–water partition coefficient (Wildman–Crippen LogP) is 4.08. The highest BCUT2D eigenvalue weighted by molar-refractivity contribution is 6.10. The van der Waals surface area contributed by atoms with Crippen LogP contribution in [-0.2, 0) is 6.54 Å². The number of anilines is 4. The van der Waals surface area contributed by atoms with Gasteiger partial charge in [-0.15, -0.1) is 0 Å². The molecule has 2 heterocycles. The van der Waals surface area contributed by atoms with E-state index < -0.39 is 0 Å². The van der Waals surface area contributed by atoms with Crippen LogP contribution in [0.15, 0.2) is 72.6 Å². The number of hydrogen-bond acceptors (Lipinski definition) is 8. The Morgan fingerprint density at radius 2 is 1.97 bits per heavy atom. The Hall–Kier alpha value is -4.24. The van der Waals surface area contributed by atoms with Crippen molar-refractivity contribution in [2.24, 2.45) is 0 Å². The van der Waals surface area contributed by atoms with E-state index in [2.05, 4.69) is 37.6 Å². The van der Waals surface area contributed by atoms with Crippen molar-refractivity contribution in [3.8, 4) is 0 Å². The second-order valence-corrected chi connectivity index (χ2v) is 9.06. The fraction of sp³-hybridized carbons (Fsp3) is 0.286. The van der Waals surface area contributed by atoms with Crippen molar-refractivity contribution in [2.45, 2.75) is 13.5 Å². The van der Waals surface area contributed by atoms with Crippen molar-refractivity contribution in [3.05, 3.63) is 83.7 Å². The van der Waals surface area contributed by atoms with Gasteiger partial charge in [0.25, 0.3) is 5.91 Å². The molecule has 3 aromatic rings. The summed E-state index contributed by atoms with van der Waals surface area (Å²) in [7, 11) is 3.98. The van der Waals surface area contributed by atoms with Gasteiger partial charge >= 0.3 is 0 Å². The van der Waals surface area contributed by atoms with E-state index in [0.29, 0.717) is 43.5 Å². The van der Waals surface area contributed by atoms with Gasteiger partial charge in [0.2, 0.25) is 5.95 Å². The molecule has 0 unspecified atom stereocenters. The molecule has 0 aliphatic carbocycles. The van der Waals surface area contributed by atoms with Crippen LogP contribution in [0.25, 0.3) is 0 Å². The van der Waals surface area contributed by atoms with Crippen LogP contribution in [0.2, 0.25) is 0 Å². The van der Waals surface area contributed by atoms with E-state index >= 15 is 0 Å². The molecule has 4 rings (SSSR count). The Morgan fingerprint density at radius 1 is 1.16 bits per heavy atom. The molecule has 2 aromatic carbocycles. The Labute approximate surface area is 218 Å². The van der Waals surface area contributed by atoms with Gasteiger partial charge in [0.05, 0.1) is 0 Å². The number of nitrogens with zero attached hydrogens (tertiary/aromatic N) is 5. The minimum absolute atomic E-state index is 0.127. The van der Waals surface area contributed by atoms with Crippen LogP contribution in [0.5, 0.6) is 0 Å². The average Bonchev–Trinajstić information content (AvgIpc) is 3.03. The molecule has 0 fully saturated rings. The summed E-state index contributed by atoms with van der Waals surface area (Å²) in [5.41, 5.74) is 4.18. The normalized spacial score (nSPS) is 13.8. The van der Waals surface area contributed by atoms with Gasteiger partial charge in [-0.2, -0.15) is 4.98 Å². The summed E-state index contributed by atoms with van der Waals surface area (Å²) >= 11 is 0. The average molecular weight is 499 g/mol. The Kier molecular flexibility index (Phi) is 8.48. The molecule has 0 spiro atoms. The van der Waals surface area contributed by atoms with Gasteiger partial charge < -0.3 is 25.8 Å². The van der Waals surface area contributed by atoms with E-state index in [1.165, 1.54) is 11.8 Å². The zero-order valence-corrected chi connectivity index (χ0v) is 21.6. The lowest BCUT2D eigenvalue weighted by atomic mass is 10.2. The quantitative estimate of drug-likeness (QED) is 0.362. The van der Waals surface area contributed by atoms with Crippen molar-refractivity contribution in [1.82, 2.24) is 14.9 Å². The van der Waals surface area contributed by atoms with Crippen molar-refractivity contribution >= 4 is 35.3 Å². The Bertz CT molecular complexity index is 1260. The van der Waals surface area contributed by atoms with E-state index in [4.69, 9.17) is 5.41 Å². The molecule has 0 bridgehead atoms. The maximum atomic E-state index is 13.5. The fourth-order valence-electron chi connectivity index (χ4n) is 4.24. The summed E-state index contributed by atoms with van der Waals surface area (Å²) in [6.07, 6.45) is 4.81. The number of benzene rings is 2. The van der Waals surface area contributed by atoms with E-state index in [-0.39, 0.29) is 5.91 Å². The highest BCUT2D eigenvalue weighted by Crippen LogP contribution is 2.27. The maximum Gasteiger partial charge on any atom is 0.263 e. The number of carbonyl (C=O) groups excluding carboxylic acids is 1. The SMILES string of the molecule is CCNc1ncc2c(n1)N(C)CCN(c1cccc(N/C=C(\C=N)CN(C)Cc3ccccc3)c1)C2=O. The Morgan fingerprint density at radius 3 is 2.73 bits per heavy atom. The largest absolute Gasteiger partial charge is 0.361 e. The first-order valence-corrected chi connectivity index (χ1v) is 12.4. The highest BCUT2D eigenvalue weighted by atomic mass is 16.2. The number of amides is 1.